The number of hydrogen-bond acceptors (Lipinski definition) is 2. The van der Waals surface area contributed by atoms with Crippen LogP contribution >= 0.6 is 27.5 Å². The summed E-state index contributed by atoms with van der Waals surface area (Å²) in [6.45, 7) is 1.99. The van der Waals surface area contributed by atoms with E-state index < -0.39 is 12.0 Å². The van der Waals surface area contributed by atoms with Gasteiger partial charge in [0.05, 0.1) is 18.1 Å². The van der Waals surface area contributed by atoms with E-state index in [2.05, 4.69) is 22.0 Å². The van der Waals surface area contributed by atoms with Crippen molar-refractivity contribution in [1.29, 1.82) is 5.26 Å². The summed E-state index contributed by atoms with van der Waals surface area (Å²) in [5, 5.41) is 19.5. The van der Waals surface area contributed by atoms with Crippen LogP contribution in [-0.4, -0.2) is 5.11 Å². The molecular formula is C12H13BrClNO. The fraction of sp³-hybridized carbons (Fsp3) is 0.417. The van der Waals surface area contributed by atoms with E-state index in [1.165, 1.54) is 0 Å². The second-order valence-electron chi connectivity index (χ2n) is 3.63. The molecule has 0 amide bonds. The van der Waals surface area contributed by atoms with Gasteiger partial charge in [0, 0.05) is 15.1 Å². The van der Waals surface area contributed by atoms with Crippen molar-refractivity contribution >= 4 is 27.5 Å². The molecule has 2 atom stereocenters. The van der Waals surface area contributed by atoms with Gasteiger partial charge in [-0.15, -0.1) is 0 Å². The third kappa shape index (κ3) is 3.21. The van der Waals surface area contributed by atoms with Gasteiger partial charge in [-0.25, -0.2) is 0 Å². The number of halogens is 2. The molecule has 0 fully saturated rings. The van der Waals surface area contributed by atoms with Crippen molar-refractivity contribution in [2.75, 3.05) is 0 Å². The highest BCUT2D eigenvalue weighted by atomic mass is 79.9. The number of aliphatic hydroxyl groups is 1. The fourth-order valence-corrected chi connectivity index (χ4v) is 2.35. The third-order valence-corrected chi connectivity index (χ3v) is 3.25. The van der Waals surface area contributed by atoms with Crippen molar-refractivity contribution in [2.45, 2.75) is 25.9 Å². The van der Waals surface area contributed by atoms with Gasteiger partial charge in [0.15, 0.2) is 0 Å². The van der Waals surface area contributed by atoms with Crippen LogP contribution < -0.4 is 0 Å². The van der Waals surface area contributed by atoms with Crippen LogP contribution in [0.2, 0.25) is 5.02 Å². The van der Waals surface area contributed by atoms with Gasteiger partial charge in [0.1, 0.15) is 0 Å². The van der Waals surface area contributed by atoms with E-state index >= 15 is 0 Å². The molecule has 0 aromatic heterocycles. The molecule has 0 heterocycles. The lowest BCUT2D eigenvalue weighted by Crippen LogP contribution is -2.11. The predicted octanol–water partition coefficient (Wildman–Crippen LogP) is 4.08. The van der Waals surface area contributed by atoms with Crippen molar-refractivity contribution in [1.82, 2.24) is 0 Å². The molecule has 1 aromatic carbocycles. The molecule has 0 saturated carbocycles. The standard InChI is InChI=1S/C12H13BrClNO/c1-2-3-8(7-15)12(16)10-5-4-9(13)6-11(10)14/h4-6,8,12,16H,2-3H2,1H3. The van der Waals surface area contributed by atoms with Crippen LogP contribution in [0, 0.1) is 17.2 Å². The molecular weight excluding hydrogens is 289 g/mol. The molecule has 1 aromatic rings. The molecule has 1 N–H and O–H groups in total. The van der Waals surface area contributed by atoms with Crippen molar-refractivity contribution in [3.63, 3.8) is 0 Å². The Hall–Kier alpha value is -0.560. The van der Waals surface area contributed by atoms with Crippen molar-refractivity contribution in [2.24, 2.45) is 5.92 Å². The van der Waals surface area contributed by atoms with Crippen molar-refractivity contribution in [3.8, 4) is 6.07 Å². The highest BCUT2D eigenvalue weighted by Crippen LogP contribution is 2.32. The summed E-state index contributed by atoms with van der Waals surface area (Å²) in [6.07, 6.45) is 0.721. The van der Waals surface area contributed by atoms with Crippen LogP contribution in [0.15, 0.2) is 22.7 Å². The summed E-state index contributed by atoms with van der Waals surface area (Å²) in [5.41, 5.74) is 0.616. The van der Waals surface area contributed by atoms with Gasteiger partial charge in [-0.3, -0.25) is 0 Å². The van der Waals surface area contributed by atoms with E-state index in [4.69, 9.17) is 16.9 Å². The quantitative estimate of drug-likeness (QED) is 0.911. The molecule has 0 spiro atoms. The van der Waals surface area contributed by atoms with E-state index in [-0.39, 0.29) is 0 Å². The normalized spacial score (nSPS) is 14.2. The highest BCUT2D eigenvalue weighted by molar-refractivity contribution is 9.10. The minimum atomic E-state index is -0.814. The zero-order valence-corrected chi connectivity index (χ0v) is 11.3. The van der Waals surface area contributed by atoms with Crippen LogP contribution in [0.25, 0.3) is 0 Å². The summed E-state index contributed by atoms with van der Waals surface area (Å²) in [6, 6.07) is 7.40. The maximum Gasteiger partial charge on any atom is 0.0962 e. The lowest BCUT2D eigenvalue weighted by atomic mass is 9.93. The Morgan fingerprint density at radius 2 is 2.25 bits per heavy atom. The molecule has 4 heteroatoms. The van der Waals surface area contributed by atoms with Crippen LogP contribution in [0.3, 0.4) is 0 Å². The number of rotatable bonds is 4. The van der Waals surface area contributed by atoms with Gasteiger partial charge >= 0.3 is 0 Å². The molecule has 0 saturated heterocycles. The molecule has 1 rings (SSSR count). The smallest absolute Gasteiger partial charge is 0.0962 e. The second kappa shape index (κ2) is 6.24. The lowest BCUT2D eigenvalue weighted by molar-refractivity contribution is 0.130. The number of nitrogens with zero attached hydrogens (tertiary/aromatic N) is 1. The summed E-state index contributed by atoms with van der Waals surface area (Å²) in [5.74, 6) is -0.399. The number of benzene rings is 1. The molecule has 0 bridgehead atoms. The van der Waals surface area contributed by atoms with E-state index in [0.717, 1.165) is 10.9 Å². The molecule has 0 radical (unpaired) electrons. The Kier molecular flexibility index (Phi) is 5.27. The zero-order valence-electron chi connectivity index (χ0n) is 8.95. The Balaban J connectivity index is 2.95. The van der Waals surface area contributed by atoms with Gasteiger partial charge < -0.3 is 5.11 Å². The van der Waals surface area contributed by atoms with Crippen molar-refractivity contribution < 1.29 is 5.11 Å². The zero-order chi connectivity index (χ0) is 12.1. The Morgan fingerprint density at radius 1 is 1.56 bits per heavy atom. The van der Waals surface area contributed by atoms with Crippen LogP contribution in [0.5, 0.6) is 0 Å². The predicted molar refractivity (Wildman–Crippen MR) is 68.1 cm³/mol. The number of hydrogen-bond donors (Lipinski definition) is 1. The third-order valence-electron chi connectivity index (χ3n) is 2.43. The van der Waals surface area contributed by atoms with E-state index in [9.17, 15) is 5.11 Å². The van der Waals surface area contributed by atoms with E-state index in [0.29, 0.717) is 17.0 Å². The van der Waals surface area contributed by atoms with Crippen molar-refractivity contribution in [3.05, 3.63) is 33.3 Å². The molecule has 16 heavy (non-hydrogen) atoms. The average Bonchev–Trinajstić information content (AvgIpc) is 2.25. The first-order chi connectivity index (χ1) is 7.60. The van der Waals surface area contributed by atoms with Crippen LogP contribution in [0.4, 0.5) is 0 Å². The summed E-state index contributed by atoms with van der Waals surface area (Å²) in [4.78, 5) is 0. The first kappa shape index (κ1) is 13.5. The molecule has 86 valence electrons. The monoisotopic (exact) mass is 301 g/mol. The lowest BCUT2D eigenvalue weighted by Gasteiger charge is -2.17. The number of nitriles is 1. The maximum absolute atomic E-state index is 10.1. The molecule has 0 aliphatic carbocycles. The molecule has 2 nitrogen and oxygen atoms in total. The number of aliphatic hydroxyl groups excluding tert-OH is 1. The Bertz CT molecular complexity index is 402. The average molecular weight is 303 g/mol. The Labute approximate surface area is 109 Å². The van der Waals surface area contributed by atoms with Gasteiger partial charge in [-0.1, -0.05) is 46.9 Å². The Morgan fingerprint density at radius 3 is 2.75 bits per heavy atom. The largest absolute Gasteiger partial charge is 0.387 e. The van der Waals surface area contributed by atoms with Gasteiger partial charge in [0.2, 0.25) is 0 Å². The summed E-state index contributed by atoms with van der Waals surface area (Å²) < 4.78 is 0.859. The minimum absolute atomic E-state index is 0.399. The topological polar surface area (TPSA) is 44.0 Å². The molecule has 0 aliphatic heterocycles. The maximum atomic E-state index is 10.1. The minimum Gasteiger partial charge on any atom is -0.387 e. The molecule has 2 unspecified atom stereocenters. The van der Waals surface area contributed by atoms with Crippen LogP contribution in [0.1, 0.15) is 31.4 Å². The highest BCUT2D eigenvalue weighted by Gasteiger charge is 2.21. The molecule has 0 aliphatic rings. The second-order valence-corrected chi connectivity index (χ2v) is 4.96. The fourth-order valence-electron chi connectivity index (χ4n) is 1.56. The summed E-state index contributed by atoms with van der Waals surface area (Å²) >= 11 is 9.33. The van der Waals surface area contributed by atoms with E-state index in [1.807, 2.05) is 13.0 Å². The SMILES string of the molecule is CCCC(C#N)C(O)c1ccc(Br)cc1Cl. The van der Waals surface area contributed by atoms with Gasteiger partial charge in [-0.2, -0.15) is 5.26 Å². The summed E-state index contributed by atoms with van der Waals surface area (Å²) in [7, 11) is 0. The van der Waals surface area contributed by atoms with Gasteiger partial charge in [0.25, 0.3) is 0 Å². The van der Waals surface area contributed by atoms with Crippen LogP contribution in [-0.2, 0) is 0 Å². The van der Waals surface area contributed by atoms with Gasteiger partial charge in [-0.05, 0) is 18.6 Å². The van der Waals surface area contributed by atoms with E-state index in [1.54, 1.807) is 12.1 Å². The first-order valence-corrected chi connectivity index (χ1v) is 6.29. The first-order valence-electron chi connectivity index (χ1n) is 5.12.